The summed E-state index contributed by atoms with van der Waals surface area (Å²) in [5, 5.41) is 14.5. The molecule has 0 unspecified atom stereocenters. The van der Waals surface area contributed by atoms with Crippen LogP contribution in [0.3, 0.4) is 0 Å². The highest BCUT2D eigenvalue weighted by Gasteiger charge is 2.42. The van der Waals surface area contributed by atoms with Crippen LogP contribution in [0, 0.1) is 5.82 Å². The van der Waals surface area contributed by atoms with Gasteiger partial charge in [0.15, 0.2) is 6.61 Å². The number of hydrogen-bond acceptors (Lipinski definition) is 6. The predicted octanol–water partition coefficient (Wildman–Crippen LogP) is 2.09. The van der Waals surface area contributed by atoms with Crippen LogP contribution in [-0.4, -0.2) is 53.3 Å². The molecular formula is C21H23ClFN3O5. The Bertz CT molecular complexity index is 935. The summed E-state index contributed by atoms with van der Waals surface area (Å²) in [4.78, 5) is 28.5. The first-order valence-electron chi connectivity index (χ1n) is 9.67. The largest absolute Gasteiger partial charge is 0.484 e. The lowest BCUT2D eigenvalue weighted by Crippen LogP contribution is -2.62. The van der Waals surface area contributed by atoms with Crippen LogP contribution >= 0.6 is 11.6 Å². The van der Waals surface area contributed by atoms with E-state index in [0.29, 0.717) is 24.3 Å². The molecule has 0 radical (unpaired) electrons. The minimum atomic E-state index is -0.618. The summed E-state index contributed by atoms with van der Waals surface area (Å²) in [6.45, 7) is 1.65. The number of pyridine rings is 1. The number of carbonyl (C=O) groups excluding carboxylic acids is 2. The molecular weight excluding hydrogens is 429 g/mol. The van der Waals surface area contributed by atoms with Crippen molar-refractivity contribution in [3.8, 4) is 11.6 Å². The zero-order valence-electron chi connectivity index (χ0n) is 16.9. The summed E-state index contributed by atoms with van der Waals surface area (Å²) < 4.78 is 23.8. The number of halogens is 2. The Morgan fingerprint density at radius 2 is 2.06 bits per heavy atom. The zero-order valence-corrected chi connectivity index (χ0v) is 17.6. The van der Waals surface area contributed by atoms with Crippen molar-refractivity contribution in [2.45, 2.75) is 31.3 Å². The second-order valence-electron chi connectivity index (χ2n) is 7.51. The van der Waals surface area contributed by atoms with Crippen molar-refractivity contribution in [2.24, 2.45) is 0 Å². The van der Waals surface area contributed by atoms with Crippen LogP contribution in [0.4, 0.5) is 4.39 Å². The molecule has 166 valence electrons. The molecule has 10 heteroatoms. The van der Waals surface area contributed by atoms with E-state index in [9.17, 15) is 14.0 Å². The first-order valence-corrected chi connectivity index (χ1v) is 10.1. The third-order valence-corrected chi connectivity index (χ3v) is 5.08. The van der Waals surface area contributed by atoms with Gasteiger partial charge in [-0.05, 0) is 38.0 Å². The number of benzene rings is 1. The number of ether oxygens (including phenoxy) is 2. The summed E-state index contributed by atoms with van der Waals surface area (Å²) in [7, 11) is 0. The van der Waals surface area contributed by atoms with Gasteiger partial charge in [0.2, 0.25) is 5.88 Å². The average Bonchev–Trinajstić information content (AvgIpc) is 2.72. The molecule has 1 fully saturated rings. The maximum Gasteiger partial charge on any atom is 0.258 e. The van der Waals surface area contributed by atoms with Gasteiger partial charge in [-0.3, -0.25) is 9.59 Å². The van der Waals surface area contributed by atoms with Gasteiger partial charge < -0.3 is 25.2 Å². The Balaban J connectivity index is 1.41. The molecule has 0 saturated heterocycles. The second kappa shape index (κ2) is 9.93. The fraction of sp³-hybridized carbons (Fsp3) is 0.381. The molecule has 0 bridgehead atoms. The Morgan fingerprint density at radius 3 is 2.71 bits per heavy atom. The second-order valence-corrected chi connectivity index (χ2v) is 7.92. The van der Waals surface area contributed by atoms with Crippen molar-refractivity contribution in [2.75, 3.05) is 19.8 Å². The van der Waals surface area contributed by atoms with Gasteiger partial charge in [-0.15, -0.1) is 0 Å². The number of amides is 2. The maximum absolute atomic E-state index is 13.4. The molecule has 3 rings (SSSR count). The highest BCUT2D eigenvalue weighted by atomic mass is 35.5. The number of nitrogens with one attached hydrogen (secondary N) is 2. The summed E-state index contributed by atoms with van der Waals surface area (Å²) in [6, 6.07) is 7.00. The molecule has 0 atom stereocenters. The van der Waals surface area contributed by atoms with E-state index in [-0.39, 0.29) is 48.4 Å². The van der Waals surface area contributed by atoms with Gasteiger partial charge in [0.1, 0.15) is 18.2 Å². The van der Waals surface area contributed by atoms with Gasteiger partial charge in [-0.1, -0.05) is 11.6 Å². The molecule has 31 heavy (non-hydrogen) atoms. The van der Waals surface area contributed by atoms with Crippen molar-refractivity contribution in [3.05, 3.63) is 52.9 Å². The Labute approximate surface area is 183 Å². The molecule has 1 heterocycles. The van der Waals surface area contributed by atoms with E-state index >= 15 is 0 Å². The van der Waals surface area contributed by atoms with Crippen LogP contribution in [0.2, 0.25) is 5.02 Å². The molecule has 1 aliphatic rings. The van der Waals surface area contributed by atoms with Crippen LogP contribution in [0.1, 0.15) is 30.1 Å². The lowest BCUT2D eigenvalue weighted by molar-refractivity contribution is -0.124. The van der Waals surface area contributed by atoms with Crippen molar-refractivity contribution < 1.29 is 28.6 Å². The molecule has 8 nitrogen and oxygen atoms in total. The van der Waals surface area contributed by atoms with Gasteiger partial charge in [0.05, 0.1) is 17.2 Å². The fourth-order valence-corrected chi connectivity index (χ4v) is 3.43. The van der Waals surface area contributed by atoms with Crippen molar-refractivity contribution >= 4 is 23.4 Å². The number of hydrogen-bond donors (Lipinski definition) is 3. The number of aromatic nitrogens is 1. The third kappa shape index (κ3) is 6.28. The number of aliphatic hydroxyl groups excluding tert-OH is 1. The summed E-state index contributed by atoms with van der Waals surface area (Å²) in [5.41, 5.74) is -0.0741. The molecule has 0 spiro atoms. The average molecular weight is 452 g/mol. The number of rotatable bonds is 9. The minimum Gasteiger partial charge on any atom is -0.484 e. The number of nitrogens with zero attached hydrogens (tertiary/aromatic N) is 1. The lowest BCUT2D eigenvalue weighted by atomic mass is 9.74. The normalized spacial score (nSPS) is 19.8. The van der Waals surface area contributed by atoms with Crippen LogP contribution in [0.15, 0.2) is 36.5 Å². The molecule has 3 N–H and O–H groups in total. The van der Waals surface area contributed by atoms with Crippen LogP contribution in [0.25, 0.3) is 0 Å². The van der Waals surface area contributed by atoms with Crippen LogP contribution < -0.4 is 20.1 Å². The molecule has 0 aliphatic heterocycles. The van der Waals surface area contributed by atoms with E-state index in [2.05, 4.69) is 15.6 Å². The lowest BCUT2D eigenvalue weighted by Gasteiger charge is -2.45. The standard InChI is InChI=1S/C21H23ClFN3O5/c1-21(26-20(29)13-2-5-19(24-11-13)30-7-6-27)9-14(10-21)25-18(28)12-31-15-3-4-16(22)17(23)8-15/h2-5,8,11,14,27H,6-7,9-10,12H2,1H3,(H,25,28)(H,26,29). The van der Waals surface area contributed by atoms with Crippen molar-refractivity contribution in [1.29, 1.82) is 0 Å². The molecule has 2 aromatic rings. The third-order valence-electron chi connectivity index (χ3n) is 4.78. The predicted molar refractivity (Wildman–Crippen MR) is 111 cm³/mol. The van der Waals surface area contributed by atoms with Gasteiger partial charge in [0.25, 0.3) is 11.8 Å². The topological polar surface area (TPSA) is 110 Å². The smallest absolute Gasteiger partial charge is 0.258 e. The first kappa shape index (κ1) is 22.8. The molecule has 1 aliphatic carbocycles. The van der Waals surface area contributed by atoms with E-state index in [1.165, 1.54) is 18.3 Å². The maximum atomic E-state index is 13.4. The van der Waals surface area contributed by atoms with Crippen molar-refractivity contribution in [1.82, 2.24) is 15.6 Å². The monoisotopic (exact) mass is 451 g/mol. The summed E-state index contributed by atoms with van der Waals surface area (Å²) >= 11 is 5.61. The Kier molecular flexibility index (Phi) is 7.29. The van der Waals surface area contributed by atoms with E-state index in [0.717, 1.165) is 6.07 Å². The quantitative estimate of drug-likeness (QED) is 0.538. The van der Waals surface area contributed by atoms with E-state index in [1.54, 1.807) is 12.1 Å². The van der Waals surface area contributed by atoms with Gasteiger partial charge in [0, 0.05) is 29.9 Å². The molecule has 1 aromatic heterocycles. The van der Waals surface area contributed by atoms with E-state index < -0.39 is 11.4 Å². The van der Waals surface area contributed by atoms with Crippen molar-refractivity contribution in [3.63, 3.8) is 0 Å². The fourth-order valence-electron chi connectivity index (χ4n) is 3.31. The molecule has 2 amide bonds. The number of aliphatic hydroxyl groups is 1. The summed E-state index contributed by atoms with van der Waals surface area (Å²) in [6.07, 6.45) is 2.52. The highest BCUT2D eigenvalue weighted by molar-refractivity contribution is 6.30. The molecule has 1 saturated carbocycles. The SMILES string of the molecule is CC1(NC(=O)c2ccc(OCCO)nc2)CC(NC(=O)COc2ccc(Cl)c(F)c2)C1. The Morgan fingerprint density at radius 1 is 1.29 bits per heavy atom. The first-order chi connectivity index (χ1) is 14.8. The van der Waals surface area contributed by atoms with Crippen LogP contribution in [-0.2, 0) is 4.79 Å². The number of carbonyl (C=O) groups is 2. The highest BCUT2D eigenvalue weighted by Crippen LogP contribution is 2.32. The van der Waals surface area contributed by atoms with Gasteiger partial charge in [-0.2, -0.15) is 0 Å². The summed E-state index contributed by atoms with van der Waals surface area (Å²) in [5.74, 6) is -0.693. The zero-order chi connectivity index (χ0) is 22.4. The van der Waals surface area contributed by atoms with E-state index in [1.807, 2.05) is 6.92 Å². The van der Waals surface area contributed by atoms with Crippen LogP contribution in [0.5, 0.6) is 11.6 Å². The molecule has 1 aromatic carbocycles. The van der Waals surface area contributed by atoms with Gasteiger partial charge in [-0.25, -0.2) is 9.37 Å². The van der Waals surface area contributed by atoms with Gasteiger partial charge >= 0.3 is 0 Å². The minimum absolute atomic E-state index is 0.0191. The van der Waals surface area contributed by atoms with E-state index in [4.69, 9.17) is 26.2 Å². The Hall–Kier alpha value is -2.91.